The first-order valence-electron chi connectivity index (χ1n) is 8.15. The Hall–Kier alpha value is -2.95. The largest absolute Gasteiger partial charge is 0.328 e. The van der Waals surface area contributed by atoms with Crippen molar-refractivity contribution in [2.45, 2.75) is 18.9 Å². The maximum absolute atomic E-state index is 12.7. The Kier molecular flexibility index (Phi) is 3.83. The van der Waals surface area contributed by atoms with Crippen molar-refractivity contribution < 1.29 is 4.79 Å². The van der Waals surface area contributed by atoms with E-state index in [2.05, 4.69) is 10.5 Å². The summed E-state index contributed by atoms with van der Waals surface area (Å²) >= 11 is 0. The van der Waals surface area contributed by atoms with Crippen LogP contribution in [-0.4, -0.2) is 35.4 Å². The van der Waals surface area contributed by atoms with Crippen molar-refractivity contribution in [3.63, 3.8) is 0 Å². The molecule has 0 unspecified atom stereocenters. The maximum Gasteiger partial charge on any atom is 0.256 e. The fourth-order valence-corrected chi connectivity index (χ4v) is 3.22. The molecule has 2 aliphatic heterocycles. The number of hydrogen-bond donors (Lipinski definition) is 1. The van der Waals surface area contributed by atoms with E-state index in [0.717, 1.165) is 30.8 Å². The van der Waals surface area contributed by atoms with Crippen LogP contribution in [0.15, 0.2) is 64.7 Å². The Bertz CT molecular complexity index is 813. The smallest absolute Gasteiger partial charge is 0.256 e. The summed E-state index contributed by atoms with van der Waals surface area (Å²) in [4.78, 5) is 19.3. The first kappa shape index (κ1) is 14.6. The molecule has 120 valence electrons. The lowest BCUT2D eigenvalue weighted by Gasteiger charge is -2.23. The molecule has 0 aliphatic carbocycles. The van der Waals surface area contributed by atoms with Gasteiger partial charge in [0, 0.05) is 6.54 Å². The van der Waals surface area contributed by atoms with Gasteiger partial charge in [0.1, 0.15) is 5.84 Å². The highest BCUT2D eigenvalue weighted by Crippen LogP contribution is 2.30. The van der Waals surface area contributed by atoms with Gasteiger partial charge in [-0.2, -0.15) is 5.10 Å². The van der Waals surface area contributed by atoms with Gasteiger partial charge in [0.25, 0.3) is 5.91 Å². The second-order valence-corrected chi connectivity index (χ2v) is 5.95. The number of aliphatic imine (C=N–C) groups is 1. The van der Waals surface area contributed by atoms with Gasteiger partial charge in [0.05, 0.1) is 23.5 Å². The number of hydrazone groups is 1. The van der Waals surface area contributed by atoms with Crippen LogP contribution >= 0.6 is 0 Å². The minimum atomic E-state index is -0.0298. The molecular formula is C19H18N4O. The number of hydrogen-bond acceptors (Lipinski definition) is 4. The number of fused-ring (bicyclic) bond motifs is 2. The molecule has 0 radical (unpaired) electrons. The number of carbonyl (C=O) groups is 1. The lowest BCUT2D eigenvalue weighted by Crippen LogP contribution is -2.43. The molecule has 0 spiro atoms. The molecule has 2 aromatic carbocycles. The predicted molar refractivity (Wildman–Crippen MR) is 94.8 cm³/mol. The minimum Gasteiger partial charge on any atom is -0.328 e. The molecule has 4 rings (SSSR count). The zero-order chi connectivity index (χ0) is 16.4. The fourth-order valence-electron chi connectivity index (χ4n) is 3.22. The first-order chi connectivity index (χ1) is 11.8. The van der Waals surface area contributed by atoms with Gasteiger partial charge < -0.3 is 4.90 Å². The molecular weight excluding hydrogens is 300 g/mol. The molecule has 24 heavy (non-hydrogen) atoms. The number of nitrogens with zero attached hydrogens (tertiary/aromatic N) is 3. The highest BCUT2D eigenvalue weighted by atomic mass is 16.2. The Morgan fingerprint density at radius 1 is 1.12 bits per heavy atom. The molecule has 1 amide bonds. The van der Waals surface area contributed by atoms with Crippen molar-refractivity contribution in [2.24, 2.45) is 10.1 Å². The molecule has 1 fully saturated rings. The Balaban J connectivity index is 1.64. The van der Waals surface area contributed by atoms with Crippen molar-refractivity contribution in [2.75, 3.05) is 6.54 Å². The summed E-state index contributed by atoms with van der Waals surface area (Å²) in [5, 5.41) is 4.32. The molecule has 2 aliphatic rings. The average Bonchev–Trinajstić information content (AvgIpc) is 3.07. The van der Waals surface area contributed by atoms with Crippen molar-refractivity contribution in [1.82, 2.24) is 10.3 Å². The van der Waals surface area contributed by atoms with Gasteiger partial charge in [0.15, 0.2) is 0 Å². The van der Waals surface area contributed by atoms with Crippen molar-refractivity contribution in [1.29, 1.82) is 0 Å². The topological polar surface area (TPSA) is 57.1 Å². The third kappa shape index (κ3) is 2.69. The molecule has 0 saturated carbocycles. The predicted octanol–water partition coefficient (Wildman–Crippen LogP) is 2.96. The van der Waals surface area contributed by atoms with Gasteiger partial charge in [-0.05, 0) is 30.5 Å². The number of para-hydroxylation sites is 1. The molecule has 5 heteroatoms. The normalized spacial score (nSPS) is 19.7. The molecule has 1 N–H and O–H groups in total. The first-order valence-corrected chi connectivity index (χ1v) is 8.15. The van der Waals surface area contributed by atoms with Crippen LogP contribution in [-0.2, 0) is 0 Å². The van der Waals surface area contributed by atoms with Crippen LogP contribution in [0.25, 0.3) is 0 Å². The second-order valence-electron chi connectivity index (χ2n) is 5.95. The van der Waals surface area contributed by atoms with E-state index in [-0.39, 0.29) is 11.9 Å². The molecule has 2 heterocycles. The molecule has 2 aromatic rings. The summed E-state index contributed by atoms with van der Waals surface area (Å²) < 4.78 is 0. The summed E-state index contributed by atoms with van der Waals surface area (Å²) in [6.07, 6.45) is 3.66. The fraction of sp³-hybridized carbons (Fsp3) is 0.211. The van der Waals surface area contributed by atoms with E-state index in [0.29, 0.717) is 11.3 Å². The number of amidine groups is 1. The number of nitrogens with one attached hydrogen (secondary N) is 1. The highest BCUT2D eigenvalue weighted by Gasteiger charge is 2.36. The van der Waals surface area contributed by atoms with Crippen molar-refractivity contribution in [3.05, 3.63) is 65.7 Å². The molecule has 0 aromatic heterocycles. The van der Waals surface area contributed by atoms with Gasteiger partial charge in [0.2, 0.25) is 0 Å². The lowest BCUT2D eigenvalue weighted by molar-refractivity contribution is 0.0771. The van der Waals surface area contributed by atoms with Crippen LogP contribution in [0.1, 0.15) is 28.8 Å². The van der Waals surface area contributed by atoms with Gasteiger partial charge in [-0.3, -0.25) is 10.2 Å². The van der Waals surface area contributed by atoms with Gasteiger partial charge in [-0.15, -0.1) is 0 Å². The van der Waals surface area contributed by atoms with Crippen LogP contribution in [0.5, 0.6) is 0 Å². The minimum absolute atomic E-state index is 0.0298. The van der Waals surface area contributed by atoms with E-state index in [1.54, 1.807) is 6.21 Å². The number of rotatable bonds is 2. The van der Waals surface area contributed by atoms with E-state index in [9.17, 15) is 4.79 Å². The van der Waals surface area contributed by atoms with Crippen LogP contribution in [0, 0.1) is 0 Å². The highest BCUT2D eigenvalue weighted by molar-refractivity contribution is 6.06. The maximum atomic E-state index is 12.7. The second kappa shape index (κ2) is 6.28. The molecule has 1 atom stereocenters. The van der Waals surface area contributed by atoms with E-state index in [1.807, 2.05) is 59.5 Å². The third-order valence-corrected chi connectivity index (χ3v) is 4.40. The molecule has 5 nitrogen and oxygen atoms in total. The summed E-state index contributed by atoms with van der Waals surface area (Å²) in [6.45, 7) is 0.765. The Morgan fingerprint density at radius 2 is 1.92 bits per heavy atom. The van der Waals surface area contributed by atoms with Crippen LogP contribution in [0.3, 0.4) is 0 Å². The van der Waals surface area contributed by atoms with Crippen molar-refractivity contribution in [3.8, 4) is 0 Å². The summed E-state index contributed by atoms with van der Waals surface area (Å²) in [6, 6.07) is 17.3. The van der Waals surface area contributed by atoms with Gasteiger partial charge >= 0.3 is 0 Å². The van der Waals surface area contributed by atoms with E-state index in [4.69, 9.17) is 4.99 Å². The summed E-state index contributed by atoms with van der Waals surface area (Å²) in [5.41, 5.74) is 5.44. The zero-order valence-electron chi connectivity index (χ0n) is 13.2. The average molecular weight is 318 g/mol. The van der Waals surface area contributed by atoms with Crippen molar-refractivity contribution >= 4 is 23.6 Å². The van der Waals surface area contributed by atoms with Crippen LogP contribution < -0.4 is 5.43 Å². The third-order valence-electron chi connectivity index (χ3n) is 4.40. The monoisotopic (exact) mass is 318 g/mol. The summed E-state index contributed by atoms with van der Waals surface area (Å²) in [5.74, 6) is 0.790. The standard InChI is InChI=1S/C19H18N4O/c24-19-15-9-4-5-10-16(15)21-18(17-11-6-12-23(17)19)22-20-13-14-7-2-1-3-8-14/h1-5,7-10,13,17H,6,11-12H2,(H,21,22)/b20-13+/t17-/m0/s1. The van der Waals surface area contributed by atoms with Crippen LogP contribution in [0.4, 0.5) is 5.69 Å². The SMILES string of the molecule is O=C1c2ccccc2N=C(N/N=C/c2ccccc2)[C@@H]2CCCN12. The number of carbonyl (C=O) groups excluding carboxylic acids is 1. The molecule has 1 saturated heterocycles. The number of amides is 1. The lowest BCUT2D eigenvalue weighted by atomic mass is 10.1. The van der Waals surface area contributed by atoms with E-state index in [1.165, 1.54) is 0 Å². The molecule has 0 bridgehead atoms. The van der Waals surface area contributed by atoms with Gasteiger partial charge in [-0.25, -0.2) is 4.99 Å². The van der Waals surface area contributed by atoms with Crippen LogP contribution in [0.2, 0.25) is 0 Å². The Labute approximate surface area is 140 Å². The quantitative estimate of drug-likeness (QED) is 0.683. The van der Waals surface area contributed by atoms with E-state index < -0.39 is 0 Å². The van der Waals surface area contributed by atoms with Gasteiger partial charge in [-0.1, -0.05) is 42.5 Å². The summed E-state index contributed by atoms with van der Waals surface area (Å²) in [7, 11) is 0. The number of benzene rings is 2. The zero-order valence-corrected chi connectivity index (χ0v) is 13.2. The Morgan fingerprint density at radius 3 is 2.79 bits per heavy atom. The van der Waals surface area contributed by atoms with E-state index >= 15 is 0 Å².